The van der Waals surface area contributed by atoms with Crippen LogP contribution in [0.25, 0.3) is 0 Å². The van der Waals surface area contributed by atoms with Crippen molar-refractivity contribution in [2.24, 2.45) is 0 Å². The summed E-state index contributed by atoms with van der Waals surface area (Å²) in [6.07, 6.45) is 0. The van der Waals surface area contributed by atoms with Gasteiger partial charge in [-0.2, -0.15) is 11.8 Å². The van der Waals surface area contributed by atoms with Crippen molar-refractivity contribution in [1.29, 1.82) is 0 Å². The summed E-state index contributed by atoms with van der Waals surface area (Å²) in [5.74, 6) is 0. The second-order valence-corrected chi connectivity index (χ2v) is 5.37. The van der Waals surface area contributed by atoms with Crippen LogP contribution in [0.2, 0.25) is 0 Å². The molecular weight excluding hydrogens is 418 g/mol. The summed E-state index contributed by atoms with van der Waals surface area (Å²) in [5.41, 5.74) is 0. The van der Waals surface area contributed by atoms with Crippen LogP contribution < -0.4 is 24.5 Å². The second-order valence-electron chi connectivity index (χ2n) is 0.894. The summed E-state index contributed by atoms with van der Waals surface area (Å²) in [6, 6.07) is 0. The summed E-state index contributed by atoms with van der Waals surface area (Å²) in [5, 5.41) is 0. The molecule has 0 aliphatic heterocycles. The predicted molar refractivity (Wildman–Crippen MR) is 29.3 cm³/mol. The minimum atomic E-state index is -4.56. The van der Waals surface area contributed by atoms with Gasteiger partial charge >= 0.3 is 58.4 Å². The van der Waals surface area contributed by atoms with E-state index in [1.165, 1.54) is 0 Å². The van der Waals surface area contributed by atoms with Crippen LogP contribution >= 0.6 is 13.5 Å². The molecule has 6 nitrogen and oxygen atoms in total. The third-order valence-electron chi connectivity index (χ3n) is 0. The molecule has 0 radical (unpaired) electrons. The molecule has 0 aliphatic carbocycles. The molecule has 13 heavy (non-hydrogen) atoms. The van der Waals surface area contributed by atoms with E-state index in [4.69, 9.17) is 29.0 Å². The minimum Gasteiger partial charge on any atom is -0.844 e. The standard InChI is InChI=1S/2H3O3PS.3Zn/c2*1-4(2,3)5;;;/h2*(H3,1,2,3,5);;;/q;;3*+2/p-6. The number of rotatable bonds is 0. The molecule has 0 fully saturated rings. The molecule has 0 aromatic carbocycles. The number of hydrogen-bond donors (Lipinski definition) is 0. The quantitative estimate of drug-likeness (QED) is 0.219. The average Bonchev–Trinajstić information content (AvgIpc) is 1.12. The monoisotopic (exact) mass is 414 g/mol. The van der Waals surface area contributed by atoms with E-state index in [2.05, 4.69) is 24.1 Å². The first-order valence-electron chi connectivity index (χ1n) is 1.46. The Balaban J connectivity index is -0.0000000267. The summed E-state index contributed by atoms with van der Waals surface area (Å²) in [6.45, 7) is -9.11. The zero-order valence-electron chi connectivity index (χ0n) is 6.28. The SMILES string of the molecule is O=P([O-])([O-])[S-].[O-]P([O-])([O-])=S.[Zn+2].[Zn+2].[Zn+2]. The maximum Gasteiger partial charge on any atom is 2.00 e. The van der Waals surface area contributed by atoms with Crippen LogP contribution in [0.1, 0.15) is 0 Å². The van der Waals surface area contributed by atoms with Crippen molar-refractivity contribution >= 4 is 37.6 Å². The molecule has 0 saturated heterocycles. The molecule has 0 unspecified atom stereocenters. The minimum absolute atomic E-state index is 0. The molecule has 0 heterocycles. The zero-order valence-corrected chi connectivity index (χ0v) is 18.6. The van der Waals surface area contributed by atoms with E-state index in [-0.39, 0.29) is 58.4 Å². The van der Waals surface area contributed by atoms with Crippen molar-refractivity contribution in [1.82, 2.24) is 0 Å². The van der Waals surface area contributed by atoms with E-state index in [0.717, 1.165) is 0 Å². The molecule has 0 N–H and O–H groups in total. The van der Waals surface area contributed by atoms with Gasteiger partial charge in [0.15, 0.2) is 0 Å². The zero-order chi connectivity index (χ0) is 9.00. The van der Waals surface area contributed by atoms with Gasteiger partial charge in [0.2, 0.25) is 0 Å². The third kappa shape index (κ3) is 295. The molecule has 0 atom stereocenters. The fraction of sp³-hybridized carbons (Fsp3) is 0. The van der Waals surface area contributed by atoms with Crippen LogP contribution in [0, 0.1) is 0 Å². The normalized spacial score (nSPS) is 9.08. The van der Waals surface area contributed by atoms with Gasteiger partial charge in [0, 0.05) is 0 Å². The van der Waals surface area contributed by atoms with Gasteiger partial charge in [-0.05, 0) is 0 Å². The molecule has 0 amide bonds. The van der Waals surface area contributed by atoms with Crippen molar-refractivity contribution in [3.63, 3.8) is 0 Å². The maximum atomic E-state index is 8.92. The fourth-order valence-electron chi connectivity index (χ4n) is 0. The molecule has 0 saturated carbocycles. The molecule has 64 valence electrons. The average molecular weight is 418 g/mol. The fourth-order valence-corrected chi connectivity index (χ4v) is 0. The Morgan fingerprint density at radius 2 is 0.923 bits per heavy atom. The Hall–Kier alpha value is 2.90. The Morgan fingerprint density at radius 1 is 0.923 bits per heavy atom. The van der Waals surface area contributed by atoms with E-state index in [1.54, 1.807) is 0 Å². The molecule has 0 aromatic rings. The van der Waals surface area contributed by atoms with Gasteiger partial charge in [-0.25, -0.2) is 6.80 Å². The van der Waals surface area contributed by atoms with Crippen molar-refractivity contribution in [2.45, 2.75) is 0 Å². The summed E-state index contributed by atoms with van der Waals surface area (Å²) < 4.78 is 8.92. The topological polar surface area (TPSA) is 132 Å². The first-order chi connectivity index (χ1) is 4.00. The molecule has 0 rings (SSSR count). The van der Waals surface area contributed by atoms with Crippen LogP contribution in [0.4, 0.5) is 0 Å². The first kappa shape index (κ1) is 29.7. The molecular formula is O6P2S2Zn3. The van der Waals surface area contributed by atoms with Gasteiger partial charge < -0.3 is 48.0 Å². The Morgan fingerprint density at radius 3 is 0.923 bits per heavy atom. The summed E-state index contributed by atoms with van der Waals surface area (Å²) in [4.78, 5) is 44.6. The van der Waals surface area contributed by atoms with Crippen molar-refractivity contribution in [3.8, 4) is 0 Å². The molecule has 0 bridgehead atoms. The Bertz CT molecular complexity index is 136. The van der Waals surface area contributed by atoms with E-state index in [9.17, 15) is 0 Å². The van der Waals surface area contributed by atoms with Gasteiger partial charge in [0.25, 0.3) is 0 Å². The van der Waals surface area contributed by atoms with Crippen LogP contribution in [-0.4, -0.2) is 0 Å². The molecule has 13 heteroatoms. The second kappa shape index (κ2) is 13.0. The van der Waals surface area contributed by atoms with Gasteiger partial charge in [-0.3, -0.25) is 0 Å². The maximum absolute atomic E-state index is 8.92. The van der Waals surface area contributed by atoms with Crippen molar-refractivity contribution < 1.29 is 87.5 Å². The van der Waals surface area contributed by atoms with E-state index >= 15 is 0 Å². The van der Waals surface area contributed by atoms with Crippen molar-refractivity contribution in [2.75, 3.05) is 0 Å². The van der Waals surface area contributed by atoms with Crippen LogP contribution in [0.3, 0.4) is 0 Å². The van der Waals surface area contributed by atoms with Gasteiger partial charge in [-0.1, -0.05) is 0 Å². The Labute approximate surface area is 124 Å². The largest absolute Gasteiger partial charge is 2.00 e. The summed E-state index contributed by atoms with van der Waals surface area (Å²) in [7, 11) is 0. The predicted octanol–water partition coefficient (Wildman–Crippen LogP) is -4.35. The van der Waals surface area contributed by atoms with E-state index < -0.39 is 13.5 Å². The van der Waals surface area contributed by atoms with Gasteiger partial charge in [-0.15, -0.1) is 0 Å². The molecule has 0 spiro atoms. The summed E-state index contributed by atoms with van der Waals surface area (Å²) >= 11 is 6.54. The molecule has 0 aromatic heterocycles. The van der Waals surface area contributed by atoms with Crippen LogP contribution in [0.5, 0.6) is 0 Å². The van der Waals surface area contributed by atoms with Crippen molar-refractivity contribution in [3.05, 3.63) is 0 Å². The first-order valence-corrected chi connectivity index (χ1v) is 6.57. The van der Waals surface area contributed by atoms with E-state index in [1.807, 2.05) is 0 Å². The van der Waals surface area contributed by atoms with E-state index in [0.29, 0.717) is 0 Å². The van der Waals surface area contributed by atoms with Crippen LogP contribution in [-0.2, 0) is 87.1 Å². The Kier molecular flexibility index (Phi) is 29.6. The van der Waals surface area contributed by atoms with Crippen LogP contribution in [0.15, 0.2) is 0 Å². The van der Waals surface area contributed by atoms with Gasteiger partial charge in [0.05, 0.1) is 0 Å². The van der Waals surface area contributed by atoms with Gasteiger partial charge in [0.1, 0.15) is 0 Å². The number of hydrogen-bond acceptors (Lipinski definition) is 8. The molecule has 0 aliphatic rings. The smallest absolute Gasteiger partial charge is 0.844 e. The third-order valence-corrected chi connectivity index (χ3v) is 0.